The molecule has 76 valence electrons. The van der Waals surface area contributed by atoms with Crippen molar-refractivity contribution in [1.82, 2.24) is 0 Å². The fraction of sp³-hybridized carbons (Fsp3) is 0.250. The van der Waals surface area contributed by atoms with E-state index in [0.29, 0.717) is 15.9 Å². The second-order valence-corrected chi connectivity index (χ2v) is 3.42. The number of hydrogen-bond acceptors (Lipinski definition) is 4. The van der Waals surface area contributed by atoms with Crippen molar-refractivity contribution in [2.75, 3.05) is 19.5 Å². The van der Waals surface area contributed by atoms with Crippen LogP contribution in [0.2, 0.25) is 0 Å². The van der Waals surface area contributed by atoms with Crippen LogP contribution in [0.25, 0.3) is 0 Å². The summed E-state index contributed by atoms with van der Waals surface area (Å²) >= 11 is 3.17. The van der Waals surface area contributed by atoms with Crippen molar-refractivity contribution < 1.29 is 9.66 Å². The van der Waals surface area contributed by atoms with Crippen LogP contribution >= 0.6 is 15.9 Å². The molecule has 0 radical (unpaired) electrons. The van der Waals surface area contributed by atoms with E-state index in [2.05, 4.69) is 21.2 Å². The molecule has 0 fully saturated rings. The van der Waals surface area contributed by atoms with Gasteiger partial charge in [0, 0.05) is 17.6 Å². The van der Waals surface area contributed by atoms with Gasteiger partial charge >= 0.3 is 0 Å². The molecule has 0 spiro atoms. The Bertz CT molecular complexity index is 368. The van der Waals surface area contributed by atoms with Gasteiger partial charge in [-0.25, -0.2) is 0 Å². The maximum atomic E-state index is 10.7. The fourth-order valence-corrected chi connectivity index (χ4v) is 1.55. The number of methoxy groups -OCH3 is 1. The predicted octanol–water partition coefficient (Wildman–Crippen LogP) is 2.41. The molecule has 5 nitrogen and oxygen atoms in total. The summed E-state index contributed by atoms with van der Waals surface area (Å²) < 4.78 is 5.62. The number of nitro groups is 1. The second kappa shape index (κ2) is 4.28. The highest BCUT2D eigenvalue weighted by Crippen LogP contribution is 2.36. The van der Waals surface area contributed by atoms with E-state index in [1.807, 2.05) is 0 Å². The lowest BCUT2D eigenvalue weighted by atomic mass is 10.2. The molecular weight excluding hydrogens is 252 g/mol. The highest BCUT2D eigenvalue weighted by Gasteiger charge is 2.18. The van der Waals surface area contributed by atoms with Crippen molar-refractivity contribution in [3.8, 4) is 5.75 Å². The van der Waals surface area contributed by atoms with Crippen LogP contribution in [0.4, 0.5) is 11.4 Å². The molecule has 0 saturated carbocycles. The summed E-state index contributed by atoms with van der Waals surface area (Å²) in [4.78, 5) is 10.2. The van der Waals surface area contributed by atoms with Gasteiger partial charge in [0.25, 0.3) is 5.69 Å². The van der Waals surface area contributed by atoms with E-state index in [1.165, 1.54) is 13.2 Å². The Morgan fingerprint density at radius 2 is 2.21 bits per heavy atom. The first-order valence-corrected chi connectivity index (χ1v) is 4.59. The lowest BCUT2D eigenvalue weighted by Gasteiger charge is -2.08. The van der Waals surface area contributed by atoms with E-state index in [9.17, 15) is 10.1 Å². The summed E-state index contributed by atoms with van der Waals surface area (Å²) in [6.07, 6.45) is 0. The summed E-state index contributed by atoms with van der Waals surface area (Å²) in [5.74, 6) is 0.438. The third-order valence-electron chi connectivity index (χ3n) is 1.71. The van der Waals surface area contributed by atoms with Crippen molar-refractivity contribution in [3.63, 3.8) is 0 Å². The lowest BCUT2D eigenvalue weighted by Crippen LogP contribution is -1.99. The van der Waals surface area contributed by atoms with Gasteiger partial charge in [-0.2, -0.15) is 0 Å². The van der Waals surface area contributed by atoms with Gasteiger partial charge in [0.15, 0.2) is 5.69 Å². The maximum Gasteiger partial charge on any atom is 0.297 e. The molecule has 1 rings (SSSR count). The molecule has 0 amide bonds. The number of nitrogens with one attached hydrogen (secondary N) is 1. The van der Waals surface area contributed by atoms with Crippen LogP contribution in [-0.4, -0.2) is 19.1 Å². The number of halogens is 1. The standard InChI is InChI=1S/C8H9BrN2O3/c1-10-8-6(11(12)13)3-5(9)4-7(8)14-2/h3-4,10H,1-2H3. The van der Waals surface area contributed by atoms with Gasteiger partial charge in [0.1, 0.15) is 5.75 Å². The first kappa shape index (κ1) is 10.8. The number of rotatable bonds is 3. The monoisotopic (exact) mass is 260 g/mol. The van der Waals surface area contributed by atoms with E-state index in [1.54, 1.807) is 13.1 Å². The summed E-state index contributed by atoms with van der Waals surface area (Å²) in [6, 6.07) is 3.09. The van der Waals surface area contributed by atoms with Gasteiger partial charge < -0.3 is 10.1 Å². The number of benzene rings is 1. The van der Waals surface area contributed by atoms with E-state index >= 15 is 0 Å². The Hall–Kier alpha value is -1.30. The van der Waals surface area contributed by atoms with Crippen molar-refractivity contribution in [3.05, 3.63) is 26.7 Å². The number of hydrogen-bond donors (Lipinski definition) is 1. The smallest absolute Gasteiger partial charge is 0.297 e. The van der Waals surface area contributed by atoms with Gasteiger partial charge in [-0.05, 0) is 6.07 Å². The van der Waals surface area contributed by atoms with Crippen LogP contribution in [0.5, 0.6) is 5.75 Å². The maximum absolute atomic E-state index is 10.7. The Kier molecular flexibility index (Phi) is 3.29. The van der Waals surface area contributed by atoms with E-state index in [4.69, 9.17) is 4.74 Å². The van der Waals surface area contributed by atoms with Gasteiger partial charge in [-0.15, -0.1) is 0 Å². The minimum absolute atomic E-state index is 0.0151. The Labute approximate surface area is 89.3 Å². The number of anilines is 1. The van der Waals surface area contributed by atoms with Crippen molar-refractivity contribution in [2.24, 2.45) is 0 Å². The van der Waals surface area contributed by atoms with Crippen LogP contribution in [0.15, 0.2) is 16.6 Å². The van der Waals surface area contributed by atoms with Gasteiger partial charge in [-0.3, -0.25) is 10.1 Å². The van der Waals surface area contributed by atoms with Gasteiger partial charge in [-0.1, -0.05) is 15.9 Å². The molecule has 1 N–H and O–H groups in total. The molecule has 6 heteroatoms. The number of nitrogens with zero attached hydrogens (tertiary/aromatic N) is 1. The van der Waals surface area contributed by atoms with Gasteiger partial charge in [0.05, 0.1) is 12.0 Å². The summed E-state index contributed by atoms with van der Waals surface area (Å²) in [5.41, 5.74) is 0.361. The van der Waals surface area contributed by atoms with Crippen LogP contribution < -0.4 is 10.1 Å². The second-order valence-electron chi connectivity index (χ2n) is 2.51. The fourth-order valence-electron chi connectivity index (χ4n) is 1.12. The molecule has 0 unspecified atom stereocenters. The first-order valence-electron chi connectivity index (χ1n) is 3.79. The van der Waals surface area contributed by atoms with Crippen LogP contribution in [0, 0.1) is 10.1 Å². The number of nitro benzene ring substituents is 1. The zero-order chi connectivity index (χ0) is 10.7. The number of ether oxygens (including phenoxy) is 1. The average molecular weight is 261 g/mol. The highest BCUT2D eigenvalue weighted by atomic mass is 79.9. The van der Waals surface area contributed by atoms with Crippen LogP contribution in [0.3, 0.4) is 0 Å². The summed E-state index contributed by atoms with van der Waals surface area (Å²) in [6.45, 7) is 0. The molecule has 0 aliphatic carbocycles. The largest absolute Gasteiger partial charge is 0.494 e. The molecule has 0 aromatic heterocycles. The zero-order valence-electron chi connectivity index (χ0n) is 7.70. The zero-order valence-corrected chi connectivity index (χ0v) is 9.29. The molecule has 1 aromatic carbocycles. The van der Waals surface area contributed by atoms with E-state index in [-0.39, 0.29) is 5.69 Å². The van der Waals surface area contributed by atoms with Crippen LogP contribution in [-0.2, 0) is 0 Å². The molecule has 0 aliphatic heterocycles. The Morgan fingerprint density at radius 3 is 2.64 bits per heavy atom. The summed E-state index contributed by atoms with van der Waals surface area (Å²) in [7, 11) is 3.07. The molecule has 0 aliphatic rings. The molecular formula is C8H9BrN2O3. The topological polar surface area (TPSA) is 64.4 Å². The normalized spacial score (nSPS) is 9.64. The van der Waals surface area contributed by atoms with E-state index in [0.717, 1.165) is 0 Å². The third-order valence-corrected chi connectivity index (χ3v) is 2.17. The minimum Gasteiger partial charge on any atom is -0.494 e. The third kappa shape index (κ3) is 1.95. The van der Waals surface area contributed by atoms with Crippen molar-refractivity contribution >= 4 is 27.3 Å². The van der Waals surface area contributed by atoms with Crippen molar-refractivity contribution in [1.29, 1.82) is 0 Å². The van der Waals surface area contributed by atoms with Gasteiger partial charge in [0.2, 0.25) is 0 Å². The van der Waals surface area contributed by atoms with Crippen LogP contribution in [0.1, 0.15) is 0 Å². The predicted molar refractivity (Wildman–Crippen MR) is 56.9 cm³/mol. The quantitative estimate of drug-likeness (QED) is 0.670. The van der Waals surface area contributed by atoms with Crippen molar-refractivity contribution in [2.45, 2.75) is 0 Å². The molecule has 0 bridgehead atoms. The average Bonchev–Trinajstić information content (AvgIpc) is 2.16. The molecule has 1 aromatic rings. The Balaban J connectivity index is 3.39. The first-order chi connectivity index (χ1) is 6.60. The molecule has 0 heterocycles. The SMILES string of the molecule is CNc1c(OC)cc(Br)cc1[N+](=O)[O-]. The minimum atomic E-state index is -0.459. The summed E-state index contributed by atoms with van der Waals surface area (Å²) in [5, 5.41) is 13.4. The van der Waals surface area contributed by atoms with E-state index < -0.39 is 4.92 Å². The molecule has 14 heavy (non-hydrogen) atoms. The lowest BCUT2D eigenvalue weighted by molar-refractivity contribution is -0.384. The Morgan fingerprint density at radius 1 is 1.57 bits per heavy atom. The highest BCUT2D eigenvalue weighted by molar-refractivity contribution is 9.10. The molecule has 0 atom stereocenters. The molecule has 0 saturated heterocycles.